The lowest BCUT2D eigenvalue weighted by Crippen LogP contribution is -2.35. The van der Waals surface area contributed by atoms with Gasteiger partial charge in [-0.1, -0.05) is 23.2 Å². The molecule has 0 spiro atoms. The Labute approximate surface area is 173 Å². The van der Waals surface area contributed by atoms with Crippen LogP contribution >= 0.6 is 23.2 Å². The molecular weight excluding hydrogens is 427 g/mol. The summed E-state index contributed by atoms with van der Waals surface area (Å²) < 4.78 is 31.0. The lowest BCUT2D eigenvalue weighted by atomic mass is 10.2. The molecule has 2 rings (SSSR count). The van der Waals surface area contributed by atoms with Gasteiger partial charge < -0.3 is 10.1 Å². The van der Waals surface area contributed by atoms with Crippen molar-refractivity contribution >= 4 is 50.8 Å². The Morgan fingerprint density at radius 3 is 2.36 bits per heavy atom. The second-order valence-corrected chi connectivity index (χ2v) is 8.54. The fourth-order valence-electron chi connectivity index (χ4n) is 2.23. The molecule has 0 aliphatic rings. The maximum absolute atomic E-state index is 12.6. The van der Waals surface area contributed by atoms with Gasteiger partial charge in [0.25, 0.3) is 0 Å². The Balaban J connectivity index is 2.06. The number of nitrogens with one attached hydrogen (secondary N) is 1. The van der Waals surface area contributed by atoms with Crippen molar-refractivity contribution in [1.82, 2.24) is 4.31 Å². The first-order valence-corrected chi connectivity index (χ1v) is 10.3. The van der Waals surface area contributed by atoms with Crippen LogP contribution in [0.3, 0.4) is 0 Å². The van der Waals surface area contributed by atoms with Crippen LogP contribution in [0.1, 0.15) is 17.3 Å². The molecule has 0 saturated carbocycles. The van der Waals surface area contributed by atoms with Crippen LogP contribution in [0.25, 0.3) is 0 Å². The van der Waals surface area contributed by atoms with Gasteiger partial charge in [-0.2, -0.15) is 4.31 Å². The van der Waals surface area contributed by atoms with Crippen molar-refractivity contribution < 1.29 is 22.7 Å². The molecule has 1 amide bonds. The Morgan fingerprint density at radius 1 is 1.11 bits per heavy atom. The SMILES string of the molecule is CCOC(=O)c1ccc(NC(=O)CN(C)S(=O)(=O)c2cc(Cl)ccc2Cl)cc1. The van der Waals surface area contributed by atoms with Gasteiger partial charge in [0.1, 0.15) is 4.90 Å². The van der Waals surface area contributed by atoms with Crippen molar-refractivity contribution in [2.45, 2.75) is 11.8 Å². The smallest absolute Gasteiger partial charge is 0.338 e. The van der Waals surface area contributed by atoms with Crippen LogP contribution in [-0.4, -0.2) is 44.8 Å². The summed E-state index contributed by atoms with van der Waals surface area (Å²) in [4.78, 5) is 23.6. The van der Waals surface area contributed by atoms with Crippen LogP contribution in [0.15, 0.2) is 47.4 Å². The van der Waals surface area contributed by atoms with E-state index in [2.05, 4.69) is 5.32 Å². The maximum Gasteiger partial charge on any atom is 0.338 e. The molecule has 2 aromatic rings. The molecule has 0 heterocycles. The van der Waals surface area contributed by atoms with Gasteiger partial charge in [-0.05, 0) is 49.4 Å². The van der Waals surface area contributed by atoms with Crippen LogP contribution in [0, 0.1) is 0 Å². The van der Waals surface area contributed by atoms with Crippen LogP contribution in [-0.2, 0) is 19.6 Å². The van der Waals surface area contributed by atoms with Crippen molar-refractivity contribution in [2.24, 2.45) is 0 Å². The van der Waals surface area contributed by atoms with E-state index in [0.29, 0.717) is 11.3 Å². The van der Waals surface area contributed by atoms with Crippen molar-refractivity contribution in [3.63, 3.8) is 0 Å². The van der Waals surface area contributed by atoms with Crippen molar-refractivity contribution in [3.05, 3.63) is 58.1 Å². The highest BCUT2D eigenvalue weighted by molar-refractivity contribution is 7.89. The summed E-state index contributed by atoms with van der Waals surface area (Å²) in [5.74, 6) is -1.03. The lowest BCUT2D eigenvalue weighted by Gasteiger charge is -2.18. The number of sulfonamides is 1. The Hall–Kier alpha value is -2.13. The summed E-state index contributed by atoms with van der Waals surface area (Å²) in [6.45, 7) is 1.52. The Bertz CT molecular complexity index is 978. The molecule has 0 bridgehead atoms. The summed E-state index contributed by atoms with van der Waals surface area (Å²) in [5.41, 5.74) is 0.750. The second-order valence-electron chi connectivity index (χ2n) is 5.68. The van der Waals surface area contributed by atoms with Crippen LogP contribution < -0.4 is 5.32 Å². The van der Waals surface area contributed by atoms with E-state index in [1.807, 2.05) is 0 Å². The number of rotatable bonds is 7. The first kappa shape index (κ1) is 22.2. The number of hydrogen-bond donors (Lipinski definition) is 1. The molecule has 0 saturated heterocycles. The predicted octanol–water partition coefficient (Wildman–Crippen LogP) is 3.43. The van der Waals surface area contributed by atoms with Crippen molar-refractivity contribution in [3.8, 4) is 0 Å². The summed E-state index contributed by atoms with van der Waals surface area (Å²) in [7, 11) is -2.75. The van der Waals surface area contributed by atoms with E-state index >= 15 is 0 Å². The lowest BCUT2D eigenvalue weighted by molar-refractivity contribution is -0.116. The third kappa shape index (κ3) is 5.45. The zero-order chi connectivity index (χ0) is 20.9. The third-order valence-corrected chi connectivity index (χ3v) is 6.15. The van der Waals surface area contributed by atoms with Gasteiger partial charge in [0.15, 0.2) is 0 Å². The van der Waals surface area contributed by atoms with Gasteiger partial charge in [0.2, 0.25) is 15.9 Å². The molecule has 0 radical (unpaired) electrons. The van der Waals surface area contributed by atoms with Gasteiger partial charge >= 0.3 is 5.97 Å². The van der Waals surface area contributed by atoms with E-state index in [4.69, 9.17) is 27.9 Å². The number of hydrogen-bond acceptors (Lipinski definition) is 5. The molecule has 1 N–H and O–H groups in total. The monoisotopic (exact) mass is 444 g/mol. The molecule has 0 aliphatic heterocycles. The normalized spacial score (nSPS) is 11.3. The number of esters is 1. The number of halogens is 2. The zero-order valence-electron chi connectivity index (χ0n) is 15.1. The van der Waals surface area contributed by atoms with Gasteiger partial charge in [-0.25, -0.2) is 13.2 Å². The standard InChI is InChI=1S/C18H18Cl2N2O5S/c1-3-27-18(24)12-4-7-14(8-5-12)21-17(23)11-22(2)28(25,26)16-10-13(19)6-9-15(16)20/h4-10H,3,11H2,1-2H3,(H,21,23). The summed E-state index contributed by atoms with van der Waals surface area (Å²) in [6, 6.07) is 10.1. The van der Waals surface area contributed by atoms with Crippen LogP contribution in [0.2, 0.25) is 10.0 Å². The zero-order valence-corrected chi connectivity index (χ0v) is 17.4. The molecule has 28 heavy (non-hydrogen) atoms. The molecule has 0 fully saturated rings. The minimum Gasteiger partial charge on any atom is -0.462 e. The van der Waals surface area contributed by atoms with Gasteiger partial charge in [-0.15, -0.1) is 0 Å². The predicted molar refractivity (Wildman–Crippen MR) is 107 cm³/mol. The highest BCUT2D eigenvalue weighted by atomic mass is 35.5. The second kappa shape index (κ2) is 9.38. The molecule has 0 aliphatic carbocycles. The average molecular weight is 445 g/mol. The van der Waals surface area contributed by atoms with Crippen molar-refractivity contribution in [1.29, 1.82) is 0 Å². The van der Waals surface area contributed by atoms with E-state index in [-0.39, 0.29) is 21.5 Å². The van der Waals surface area contributed by atoms with E-state index < -0.39 is 28.4 Å². The molecule has 0 aromatic heterocycles. The summed E-state index contributed by atoms with van der Waals surface area (Å²) in [6.07, 6.45) is 0. The number of amides is 1. The minimum absolute atomic E-state index is 0.00575. The topological polar surface area (TPSA) is 92.8 Å². The quantitative estimate of drug-likeness (QED) is 0.660. The number of carbonyl (C=O) groups is 2. The molecule has 150 valence electrons. The Kier molecular flexibility index (Phi) is 7.42. The number of nitrogens with zero attached hydrogens (tertiary/aromatic N) is 1. The fraction of sp³-hybridized carbons (Fsp3) is 0.222. The molecule has 10 heteroatoms. The fourth-order valence-corrected chi connectivity index (χ4v) is 4.09. The molecule has 0 unspecified atom stereocenters. The molecular formula is C18H18Cl2N2O5S. The van der Waals surface area contributed by atoms with Crippen LogP contribution in [0.5, 0.6) is 0 Å². The number of ether oxygens (including phenoxy) is 1. The van der Waals surface area contributed by atoms with E-state index in [1.54, 1.807) is 6.92 Å². The highest BCUT2D eigenvalue weighted by Gasteiger charge is 2.25. The van der Waals surface area contributed by atoms with E-state index in [0.717, 1.165) is 4.31 Å². The minimum atomic E-state index is -4.01. The van der Waals surface area contributed by atoms with E-state index in [9.17, 15) is 18.0 Å². The first-order valence-electron chi connectivity index (χ1n) is 8.13. The van der Waals surface area contributed by atoms with Crippen LogP contribution in [0.4, 0.5) is 5.69 Å². The third-order valence-electron chi connectivity index (χ3n) is 3.63. The van der Waals surface area contributed by atoms with Gasteiger partial charge in [0, 0.05) is 17.8 Å². The largest absolute Gasteiger partial charge is 0.462 e. The maximum atomic E-state index is 12.6. The summed E-state index contributed by atoms with van der Waals surface area (Å²) >= 11 is 11.8. The Morgan fingerprint density at radius 2 is 1.75 bits per heavy atom. The summed E-state index contributed by atoms with van der Waals surface area (Å²) in [5, 5.41) is 2.78. The van der Waals surface area contributed by atoms with Gasteiger partial charge in [-0.3, -0.25) is 4.79 Å². The number of carbonyl (C=O) groups excluding carboxylic acids is 2. The van der Waals surface area contributed by atoms with Crippen molar-refractivity contribution in [2.75, 3.05) is 25.5 Å². The van der Waals surface area contributed by atoms with Gasteiger partial charge in [0.05, 0.1) is 23.7 Å². The molecule has 7 nitrogen and oxygen atoms in total. The molecule has 2 aromatic carbocycles. The first-order chi connectivity index (χ1) is 13.1. The molecule has 0 atom stereocenters. The average Bonchev–Trinajstić information content (AvgIpc) is 2.64. The van der Waals surface area contributed by atoms with E-state index in [1.165, 1.54) is 49.5 Å². The number of anilines is 1. The highest BCUT2D eigenvalue weighted by Crippen LogP contribution is 2.27. The number of likely N-dealkylation sites (N-methyl/N-ethyl adjacent to an activating group) is 1. The number of benzene rings is 2.